The van der Waals surface area contributed by atoms with E-state index >= 15 is 0 Å². The van der Waals surface area contributed by atoms with Crippen LogP contribution < -0.4 is 0 Å². The van der Waals surface area contributed by atoms with Crippen LogP contribution in [0.2, 0.25) is 0 Å². The first-order valence-electron chi connectivity index (χ1n) is 18.5. The summed E-state index contributed by atoms with van der Waals surface area (Å²) in [6.45, 7) is 0. The molecule has 0 amide bonds. The third kappa shape index (κ3) is 3.85. The molecule has 3 nitrogen and oxygen atoms in total. The Labute approximate surface area is 311 Å². The second-order valence-corrected chi connectivity index (χ2v) is 14.4. The molecule has 0 N–H and O–H groups in total. The zero-order chi connectivity index (χ0) is 35.4. The molecule has 0 unspecified atom stereocenters. The van der Waals surface area contributed by atoms with E-state index in [2.05, 4.69) is 164 Å². The molecule has 2 aliphatic carbocycles. The Morgan fingerprint density at radius 2 is 0.907 bits per heavy atom. The highest BCUT2D eigenvalue weighted by Gasteiger charge is 2.52. The summed E-state index contributed by atoms with van der Waals surface area (Å²) in [6.07, 6.45) is 0. The second-order valence-electron chi connectivity index (χ2n) is 14.4. The van der Waals surface area contributed by atoms with Gasteiger partial charge >= 0.3 is 0 Å². The van der Waals surface area contributed by atoms with Crippen LogP contribution in [0.25, 0.3) is 88.9 Å². The van der Waals surface area contributed by atoms with Crippen molar-refractivity contribution in [2.45, 2.75) is 5.41 Å². The Morgan fingerprint density at radius 1 is 0.370 bits per heavy atom. The Kier molecular flexibility index (Phi) is 5.98. The van der Waals surface area contributed by atoms with E-state index in [1.165, 1.54) is 44.5 Å². The van der Waals surface area contributed by atoms with Gasteiger partial charge in [-0.05, 0) is 73.8 Å². The third-order valence-corrected chi connectivity index (χ3v) is 11.7. The molecule has 0 saturated heterocycles. The topological polar surface area (TPSA) is 38.9 Å². The van der Waals surface area contributed by atoms with Crippen molar-refractivity contribution in [1.82, 2.24) is 9.97 Å². The van der Waals surface area contributed by atoms with E-state index in [-0.39, 0.29) is 0 Å². The smallest absolute Gasteiger partial charge is 0.161 e. The van der Waals surface area contributed by atoms with Crippen molar-refractivity contribution >= 4 is 32.8 Å². The van der Waals surface area contributed by atoms with Gasteiger partial charge in [0, 0.05) is 27.3 Å². The predicted molar refractivity (Wildman–Crippen MR) is 219 cm³/mol. The van der Waals surface area contributed by atoms with Gasteiger partial charge in [0.1, 0.15) is 11.2 Å². The summed E-state index contributed by atoms with van der Waals surface area (Å²) in [4.78, 5) is 10.7. The molecule has 0 aliphatic heterocycles. The number of nitrogens with zero attached hydrogens (tertiary/aromatic N) is 2. The minimum absolute atomic E-state index is 0.423. The highest BCUT2D eigenvalue weighted by atomic mass is 16.3. The van der Waals surface area contributed by atoms with Crippen molar-refractivity contribution in [2.24, 2.45) is 0 Å². The lowest BCUT2D eigenvalue weighted by atomic mass is 9.70. The first-order valence-corrected chi connectivity index (χ1v) is 18.5. The molecular weight excluding hydrogens is 657 g/mol. The lowest BCUT2D eigenvalue weighted by Gasteiger charge is -2.30. The fourth-order valence-corrected chi connectivity index (χ4v) is 9.57. The van der Waals surface area contributed by atoms with Crippen molar-refractivity contribution in [3.8, 4) is 56.0 Å². The molecule has 0 radical (unpaired) electrons. The number of aromatic nitrogens is 2. The number of para-hydroxylation sites is 2. The number of hydrogen-bond acceptors (Lipinski definition) is 3. The standard InChI is InChI=1S/C51H30N2O/c1-6-20-40-34(13-1)35-14-2-7-21-41(35)51(40)42-22-8-3-15-36(42)47-39(19-11-23-43(47)51)50-52-44-24-9-4-16-37(44)49(53-50)32-29-27-31(28-30-32)33-18-12-26-46-48(33)38-17-5-10-25-45(38)54-46/h1-30H. The zero-order valence-electron chi connectivity index (χ0n) is 29.1. The van der Waals surface area contributed by atoms with Crippen molar-refractivity contribution < 1.29 is 4.42 Å². The minimum Gasteiger partial charge on any atom is -0.456 e. The van der Waals surface area contributed by atoms with Crippen LogP contribution in [0, 0.1) is 0 Å². The van der Waals surface area contributed by atoms with Crippen LogP contribution in [0.15, 0.2) is 186 Å². The van der Waals surface area contributed by atoms with Gasteiger partial charge in [-0.15, -0.1) is 0 Å². The van der Waals surface area contributed by atoms with E-state index < -0.39 is 5.41 Å². The van der Waals surface area contributed by atoms with Gasteiger partial charge in [0.2, 0.25) is 0 Å². The second kappa shape index (κ2) is 11.0. The first kappa shape index (κ1) is 29.5. The summed E-state index contributed by atoms with van der Waals surface area (Å²) in [7, 11) is 0. The molecule has 250 valence electrons. The molecule has 54 heavy (non-hydrogen) atoms. The van der Waals surface area contributed by atoms with Crippen LogP contribution in [0.5, 0.6) is 0 Å². The van der Waals surface area contributed by atoms with Crippen LogP contribution in [0.1, 0.15) is 22.3 Å². The van der Waals surface area contributed by atoms with Crippen molar-refractivity contribution in [3.05, 3.63) is 204 Å². The molecule has 10 aromatic rings. The van der Waals surface area contributed by atoms with Gasteiger partial charge < -0.3 is 4.42 Å². The van der Waals surface area contributed by atoms with Crippen LogP contribution in [0.3, 0.4) is 0 Å². The number of rotatable bonds is 3. The number of fused-ring (bicyclic) bond motifs is 14. The third-order valence-electron chi connectivity index (χ3n) is 11.7. The van der Waals surface area contributed by atoms with Crippen LogP contribution in [-0.4, -0.2) is 9.97 Å². The van der Waals surface area contributed by atoms with Gasteiger partial charge in [0.25, 0.3) is 0 Å². The molecular formula is C51H30N2O. The normalized spacial score (nSPS) is 13.3. The van der Waals surface area contributed by atoms with E-state index in [0.717, 1.165) is 66.6 Å². The molecule has 2 aliphatic rings. The molecule has 3 heteroatoms. The SMILES string of the molecule is c1ccc2c(c1)-c1ccccc1C21c2ccccc2-c2c(-c3nc(-c4ccc(-c5cccc6oc7ccccc7c56)cc4)c4ccccc4n3)cccc21. The maximum atomic E-state index is 6.21. The molecule has 12 rings (SSSR count). The number of benzene rings is 8. The van der Waals surface area contributed by atoms with Crippen LogP contribution in [0.4, 0.5) is 0 Å². The zero-order valence-corrected chi connectivity index (χ0v) is 29.1. The molecule has 2 heterocycles. The average Bonchev–Trinajstić information content (AvgIpc) is 3.88. The summed E-state index contributed by atoms with van der Waals surface area (Å²) < 4.78 is 6.21. The van der Waals surface area contributed by atoms with Gasteiger partial charge in [-0.1, -0.05) is 164 Å². The summed E-state index contributed by atoms with van der Waals surface area (Å²) in [5.74, 6) is 0.727. The van der Waals surface area contributed by atoms with Gasteiger partial charge in [0.05, 0.1) is 16.6 Å². The molecule has 0 atom stereocenters. The summed E-state index contributed by atoms with van der Waals surface area (Å²) >= 11 is 0. The van der Waals surface area contributed by atoms with Gasteiger partial charge in [-0.3, -0.25) is 0 Å². The van der Waals surface area contributed by atoms with Gasteiger partial charge in [-0.25, -0.2) is 9.97 Å². The molecule has 8 aromatic carbocycles. The van der Waals surface area contributed by atoms with Crippen LogP contribution in [-0.2, 0) is 5.41 Å². The van der Waals surface area contributed by atoms with E-state index in [0.29, 0.717) is 0 Å². The maximum Gasteiger partial charge on any atom is 0.161 e. The summed E-state index contributed by atoms with van der Waals surface area (Å²) in [5, 5.41) is 3.29. The lowest BCUT2D eigenvalue weighted by molar-refractivity contribution is 0.669. The average molecular weight is 687 g/mol. The predicted octanol–water partition coefficient (Wildman–Crippen LogP) is 12.9. The monoisotopic (exact) mass is 686 g/mol. The lowest BCUT2D eigenvalue weighted by Crippen LogP contribution is -2.25. The first-order chi connectivity index (χ1) is 26.8. The maximum absolute atomic E-state index is 6.21. The molecule has 0 fully saturated rings. The minimum atomic E-state index is -0.423. The number of furan rings is 1. The molecule has 2 aromatic heterocycles. The summed E-state index contributed by atoms with van der Waals surface area (Å²) in [6, 6.07) is 65.2. The molecule has 1 spiro atoms. The van der Waals surface area contributed by atoms with Crippen molar-refractivity contribution in [2.75, 3.05) is 0 Å². The van der Waals surface area contributed by atoms with E-state index in [9.17, 15) is 0 Å². The quantitative estimate of drug-likeness (QED) is 0.186. The van der Waals surface area contributed by atoms with E-state index in [1.807, 2.05) is 18.2 Å². The van der Waals surface area contributed by atoms with E-state index in [4.69, 9.17) is 14.4 Å². The van der Waals surface area contributed by atoms with E-state index in [1.54, 1.807) is 0 Å². The molecule has 0 bridgehead atoms. The highest BCUT2D eigenvalue weighted by molar-refractivity contribution is 6.12. The van der Waals surface area contributed by atoms with Gasteiger partial charge in [0.15, 0.2) is 5.82 Å². The Morgan fingerprint density at radius 3 is 1.69 bits per heavy atom. The van der Waals surface area contributed by atoms with Gasteiger partial charge in [-0.2, -0.15) is 0 Å². The molecule has 0 saturated carbocycles. The fourth-order valence-electron chi connectivity index (χ4n) is 9.57. The fraction of sp³-hybridized carbons (Fsp3) is 0.0196. The Hall–Kier alpha value is -7.10. The Balaban J connectivity index is 1.06. The van der Waals surface area contributed by atoms with Crippen molar-refractivity contribution in [3.63, 3.8) is 0 Å². The van der Waals surface area contributed by atoms with Crippen molar-refractivity contribution in [1.29, 1.82) is 0 Å². The van der Waals surface area contributed by atoms with Crippen LogP contribution >= 0.6 is 0 Å². The summed E-state index contributed by atoms with van der Waals surface area (Å²) in [5.41, 5.74) is 17.9. The number of hydrogen-bond donors (Lipinski definition) is 0. The largest absolute Gasteiger partial charge is 0.456 e. The Bertz CT molecular complexity index is 3130. The highest BCUT2D eigenvalue weighted by Crippen LogP contribution is 2.63.